The van der Waals surface area contributed by atoms with Gasteiger partial charge in [-0.2, -0.15) is 0 Å². The number of halogens is 1. The summed E-state index contributed by atoms with van der Waals surface area (Å²) in [6.45, 7) is 3.41. The van der Waals surface area contributed by atoms with Gasteiger partial charge in [0.2, 0.25) is 5.91 Å². The van der Waals surface area contributed by atoms with E-state index in [0.717, 1.165) is 18.7 Å². The van der Waals surface area contributed by atoms with Crippen LogP contribution in [-0.2, 0) is 4.79 Å². The van der Waals surface area contributed by atoms with Crippen molar-refractivity contribution in [2.45, 2.75) is 19.4 Å². The predicted octanol–water partition coefficient (Wildman–Crippen LogP) is 2.21. The second kappa shape index (κ2) is 8.15. The molecule has 106 valence electrons. The zero-order chi connectivity index (χ0) is 14.3. The van der Waals surface area contributed by atoms with E-state index in [2.05, 4.69) is 22.5 Å². The van der Waals surface area contributed by atoms with Crippen LogP contribution in [-0.4, -0.2) is 44.0 Å². The Kier molecular flexibility index (Phi) is 6.84. The van der Waals surface area contributed by atoms with Crippen LogP contribution in [0.5, 0.6) is 0 Å². The van der Waals surface area contributed by atoms with Gasteiger partial charge in [-0.25, -0.2) is 0 Å². The van der Waals surface area contributed by atoms with Gasteiger partial charge in [0.1, 0.15) is 0 Å². The third-order valence-electron chi connectivity index (χ3n) is 2.75. The Hall–Kier alpha value is -1.10. The van der Waals surface area contributed by atoms with Crippen LogP contribution in [0.25, 0.3) is 0 Å². The summed E-state index contributed by atoms with van der Waals surface area (Å²) in [4.78, 5) is 13.9. The maximum atomic E-state index is 11.7. The smallest absolute Gasteiger partial charge is 0.238 e. The number of carbonyl (C=O) groups excluding carboxylic acids is 1. The first-order valence-corrected chi connectivity index (χ1v) is 6.78. The van der Waals surface area contributed by atoms with E-state index in [0.29, 0.717) is 17.6 Å². The van der Waals surface area contributed by atoms with Gasteiger partial charge < -0.3 is 15.5 Å². The van der Waals surface area contributed by atoms with Crippen molar-refractivity contribution in [3.8, 4) is 0 Å². The molecule has 0 saturated carbocycles. The molecule has 1 atom stereocenters. The third-order valence-corrected chi connectivity index (χ3v) is 3.00. The van der Waals surface area contributed by atoms with Crippen molar-refractivity contribution in [1.29, 1.82) is 0 Å². The van der Waals surface area contributed by atoms with Crippen molar-refractivity contribution in [2.75, 3.05) is 32.5 Å². The van der Waals surface area contributed by atoms with Gasteiger partial charge in [0, 0.05) is 16.8 Å². The number of nitrogens with zero attached hydrogens (tertiary/aromatic N) is 1. The molecule has 0 spiro atoms. The summed E-state index contributed by atoms with van der Waals surface area (Å²) in [5, 5.41) is 6.68. The molecular formula is C14H22ClN3O. The van der Waals surface area contributed by atoms with Crippen LogP contribution < -0.4 is 10.6 Å². The van der Waals surface area contributed by atoms with Crippen molar-refractivity contribution in [3.05, 3.63) is 29.3 Å². The summed E-state index contributed by atoms with van der Waals surface area (Å²) in [5.41, 5.74) is 0.761. The molecule has 0 aliphatic heterocycles. The van der Waals surface area contributed by atoms with Crippen LogP contribution in [0.15, 0.2) is 24.3 Å². The molecule has 0 radical (unpaired) electrons. The maximum Gasteiger partial charge on any atom is 0.238 e. The van der Waals surface area contributed by atoms with E-state index in [1.165, 1.54) is 0 Å². The minimum absolute atomic E-state index is 0.0426. The first kappa shape index (κ1) is 16.0. The molecule has 0 aliphatic rings. The topological polar surface area (TPSA) is 44.4 Å². The number of hydrogen-bond acceptors (Lipinski definition) is 3. The molecule has 0 aliphatic carbocycles. The Morgan fingerprint density at radius 1 is 1.32 bits per heavy atom. The fourth-order valence-corrected chi connectivity index (χ4v) is 1.69. The number of amides is 1. The van der Waals surface area contributed by atoms with Gasteiger partial charge in [-0.1, -0.05) is 11.6 Å². The summed E-state index contributed by atoms with van der Waals surface area (Å²) in [6.07, 6.45) is 1.02. The average Bonchev–Trinajstić information content (AvgIpc) is 2.36. The largest absolute Gasteiger partial charge is 0.325 e. The lowest BCUT2D eigenvalue weighted by atomic mass is 10.2. The molecule has 1 amide bonds. The second-order valence-electron chi connectivity index (χ2n) is 4.93. The molecule has 0 fully saturated rings. The molecule has 0 aromatic heterocycles. The molecule has 4 nitrogen and oxygen atoms in total. The molecule has 1 unspecified atom stereocenters. The summed E-state index contributed by atoms with van der Waals surface area (Å²) in [7, 11) is 4.08. The SMILES string of the molecule is CC(CCN(C)C)NCC(=O)Nc1ccc(Cl)cc1. The Bertz CT molecular complexity index is 392. The standard InChI is InChI=1S/C14H22ClN3O/c1-11(8-9-18(2)3)16-10-14(19)17-13-6-4-12(15)5-7-13/h4-7,11,16H,8-10H2,1-3H3,(H,17,19). The van der Waals surface area contributed by atoms with Crippen molar-refractivity contribution in [2.24, 2.45) is 0 Å². The van der Waals surface area contributed by atoms with Gasteiger partial charge in [-0.05, 0) is 58.3 Å². The van der Waals surface area contributed by atoms with Crippen molar-refractivity contribution in [3.63, 3.8) is 0 Å². The highest BCUT2D eigenvalue weighted by Gasteiger charge is 2.06. The average molecular weight is 284 g/mol. The summed E-state index contributed by atoms with van der Waals surface area (Å²) in [5.74, 6) is -0.0426. The van der Waals surface area contributed by atoms with Crippen LogP contribution >= 0.6 is 11.6 Å². The monoisotopic (exact) mass is 283 g/mol. The van der Waals surface area contributed by atoms with Crippen LogP contribution in [0.1, 0.15) is 13.3 Å². The quantitative estimate of drug-likeness (QED) is 0.806. The van der Waals surface area contributed by atoms with E-state index in [1.54, 1.807) is 24.3 Å². The van der Waals surface area contributed by atoms with Gasteiger partial charge >= 0.3 is 0 Å². The summed E-state index contributed by atoms with van der Waals surface area (Å²) in [6, 6.07) is 7.40. The number of carbonyl (C=O) groups is 1. The van der Waals surface area contributed by atoms with E-state index < -0.39 is 0 Å². The lowest BCUT2D eigenvalue weighted by molar-refractivity contribution is -0.115. The summed E-state index contributed by atoms with van der Waals surface area (Å²) < 4.78 is 0. The van der Waals surface area contributed by atoms with Crippen molar-refractivity contribution in [1.82, 2.24) is 10.2 Å². The minimum Gasteiger partial charge on any atom is -0.325 e. The van der Waals surface area contributed by atoms with E-state index in [1.807, 2.05) is 14.1 Å². The Balaban J connectivity index is 2.26. The van der Waals surface area contributed by atoms with Crippen LogP contribution in [0.2, 0.25) is 5.02 Å². The van der Waals surface area contributed by atoms with E-state index in [-0.39, 0.29) is 5.91 Å². The Labute approximate surface area is 120 Å². The van der Waals surface area contributed by atoms with Crippen LogP contribution in [0.4, 0.5) is 5.69 Å². The Morgan fingerprint density at radius 2 is 1.95 bits per heavy atom. The number of nitrogens with one attached hydrogen (secondary N) is 2. The molecule has 0 bridgehead atoms. The molecule has 1 rings (SSSR count). The second-order valence-corrected chi connectivity index (χ2v) is 5.37. The minimum atomic E-state index is -0.0426. The number of benzene rings is 1. The summed E-state index contributed by atoms with van der Waals surface area (Å²) >= 11 is 5.78. The maximum absolute atomic E-state index is 11.7. The first-order chi connectivity index (χ1) is 8.97. The highest BCUT2D eigenvalue weighted by molar-refractivity contribution is 6.30. The lowest BCUT2D eigenvalue weighted by Gasteiger charge is -2.16. The van der Waals surface area contributed by atoms with Gasteiger partial charge in [-0.15, -0.1) is 0 Å². The normalized spacial score (nSPS) is 12.5. The van der Waals surface area contributed by atoms with E-state index in [9.17, 15) is 4.79 Å². The first-order valence-electron chi connectivity index (χ1n) is 6.41. The molecule has 1 aromatic rings. The number of anilines is 1. The van der Waals surface area contributed by atoms with Gasteiger partial charge in [0.05, 0.1) is 6.54 Å². The molecule has 5 heteroatoms. The molecule has 2 N–H and O–H groups in total. The van der Waals surface area contributed by atoms with Crippen LogP contribution in [0, 0.1) is 0 Å². The zero-order valence-corrected chi connectivity index (χ0v) is 12.5. The van der Waals surface area contributed by atoms with Crippen molar-refractivity contribution < 1.29 is 4.79 Å². The van der Waals surface area contributed by atoms with Gasteiger partial charge in [0.15, 0.2) is 0 Å². The number of hydrogen-bond donors (Lipinski definition) is 2. The predicted molar refractivity (Wildman–Crippen MR) is 80.7 cm³/mol. The van der Waals surface area contributed by atoms with Crippen molar-refractivity contribution >= 4 is 23.2 Å². The molecular weight excluding hydrogens is 262 g/mol. The fraction of sp³-hybridized carbons (Fsp3) is 0.500. The third kappa shape index (κ3) is 7.15. The highest BCUT2D eigenvalue weighted by Crippen LogP contribution is 2.12. The lowest BCUT2D eigenvalue weighted by Crippen LogP contribution is -2.36. The Morgan fingerprint density at radius 3 is 2.53 bits per heavy atom. The number of rotatable bonds is 7. The molecule has 1 aromatic carbocycles. The van der Waals surface area contributed by atoms with E-state index >= 15 is 0 Å². The molecule has 0 heterocycles. The van der Waals surface area contributed by atoms with Crippen LogP contribution in [0.3, 0.4) is 0 Å². The molecule has 19 heavy (non-hydrogen) atoms. The van der Waals surface area contributed by atoms with Gasteiger partial charge in [0.25, 0.3) is 0 Å². The highest BCUT2D eigenvalue weighted by atomic mass is 35.5. The van der Waals surface area contributed by atoms with Gasteiger partial charge in [-0.3, -0.25) is 4.79 Å². The zero-order valence-electron chi connectivity index (χ0n) is 11.7. The molecule has 0 saturated heterocycles. The fourth-order valence-electron chi connectivity index (χ4n) is 1.56. The van der Waals surface area contributed by atoms with E-state index in [4.69, 9.17) is 11.6 Å².